The Labute approximate surface area is 150 Å². The van der Waals surface area contributed by atoms with Gasteiger partial charge in [0.25, 0.3) is 0 Å². The van der Waals surface area contributed by atoms with Gasteiger partial charge in [-0.1, -0.05) is 29.8 Å². The maximum Gasteiger partial charge on any atom is 0.405 e. The van der Waals surface area contributed by atoms with E-state index in [0.29, 0.717) is 42.5 Å². The molecule has 0 radical (unpaired) electrons. The van der Waals surface area contributed by atoms with E-state index in [1.165, 1.54) is 6.20 Å². The Morgan fingerprint density at radius 2 is 1.96 bits per heavy atom. The number of benzene rings is 1. The molecule has 1 unspecified atom stereocenters. The molecule has 3 rings (SSSR count). The number of carbonyl (C=O) groups is 1. The molecule has 1 fully saturated rings. The minimum Gasteiger partial charge on any atom is -0.482 e. The molecule has 0 aliphatic carbocycles. The van der Waals surface area contributed by atoms with E-state index in [1.54, 1.807) is 12.1 Å². The first-order valence-corrected chi connectivity index (χ1v) is 8.39. The van der Waals surface area contributed by atoms with Gasteiger partial charge in [0, 0.05) is 19.4 Å². The van der Waals surface area contributed by atoms with Gasteiger partial charge in [0.05, 0.1) is 16.3 Å². The van der Waals surface area contributed by atoms with Gasteiger partial charge in [0.1, 0.15) is 5.75 Å². The molecule has 1 aliphatic heterocycles. The van der Waals surface area contributed by atoms with E-state index in [-0.39, 0.29) is 0 Å². The summed E-state index contributed by atoms with van der Waals surface area (Å²) in [5.41, 5.74) is -0.218. The van der Waals surface area contributed by atoms with Crippen LogP contribution in [0.2, 0.25) is 5.02 Å². The van der Waals surface area contributed by atoms with E-state index in [4.69, 9.17) is 21.1 Å². The lowest BCUT2D eigenvalue weighted by Gasteiger charge is -2.42. The number of carboxylic acid groups (broad SMARTS) is 1. The lowest BCUT2D eigenvalue weighted by Crippen LogP contribution is -2.57. The monoisotopic (exact) mass is 362 g/mol. The van der Waals surface area contributed by atoms with E-state index in [2.05, 4.69) is 10.3 Å². The van der Waals surface area contributed by atoms with Crippen LogP contribution in [0.25, 0.3) is 0 Å². The predicted octanol–water partition coefficient (Wildman–Crippen LogP) is 3.67. The zero-order valence-electron chi connectivity index (χ0n) is 13.5. The second-order valence-electron chi connectivity index (χ2n) is 5.91. The maximum atomic E-state index is 11.5. The normalized spacial score (nSPS) is 17.5. The number of hydrogen-bond donors (Lipinski definition) is 2. The van der Waals surface area contributed by atoms with Crippen LogP contribution in [0.1, 0.15) is 24.6 Å². The minimum atomic E-state index is -1.10. The molecule has 2 N–H and O–H groups in total. The van der Waals surface area contributed by atoms with Gasteiger partial charge in [-0.15, -0.1) is 0 Å². The summed E-state index contributed by atoms with van der Waals surface area (Å²) >= 11 is 5.95. The van der Waals surface area contributed by atoms with Crippen molar-refractivity contribution in [2.75, 3.05) is 13.2 Å². The highest BCUT2D eigenvalue weighted by atomic mass is 35.5. The Morgan fingerprint density at radius 1 is 1.24 bits per heavy atom. The molecule has 25 heavy (non-hydrogen) atoms. The molecule has 7 heteroatoms. The predicted molar refractivity (Wildman–Crippen MR) is 93.0 cm³/mol. The fourth-order valence-electron chi connectivity index (χ4n) is 3.04. The molecule has 132 valence electrons. The van der Waals surface area contributed by atoms with Gasteiger partial charge in [-0.05, 0) is 37.1 Å². The zero-order valence-corrected chi connectivity index (χ0v) is 14.3. The molecule has 1 atom stereocenters. The lowest BCUT2D eigenvalue weighted by molar-refractivity contribution is -0.0191. The van der Waals surface area contributed by atoms with Crippen LogP contribution < -0.4 is 10.1 Å². The molecule has 2 heterocycles. The largest absolute Gasteiger partial charge is 0.482 e. The highest BCUT2D eigenvalue weighted by Gasteiger charge is 2.45. The Kier molecular flexibility index (Phi) is 5.40. The number of pyridine rings is 1. The van der Waals surface area contributed by atoms with Crippen LogP contribution >= 0.6 is 11.6 Å². The van der Waals surface area contributed by atoms with Gasteiger partial charge >= 0.3 is 6.09 Å². The fraction of sp³-hybridized carbons (Fsp3) is 0.333. The number of nitrogens with zero attached hydrogens (tertiary/aromatic N) is 1. The highest BCUT2D eigenvalue weighted by Crippen LogP contribution is 2.37. The molecule has 1 aromatic carbocycles. The summed E-state index contributed by atoms with van der Waals surface area (Å²) in [5, 5.41) is 12.6. The van der Waals surface area contributed by atoms with Crippen LogP contribution in [0.15, 0.2) is 48.7 Å². The summed E-state index contributed by atoms with van der Waals surface area (Å²) in [6.45, 7) is 0.894. The van der Waals surface area contributed by atoms with Gasteiger partial charge in [-0.2, -0.15) is 0 Å². The van der Waals surface area contributed by atoms with Crippen LogP contribution in [-0.2, 0) is 4.74 Å². The van der Waals surface area contributed by atoms with Gasteiger partial charge < -0.3 is 19.9 Å². The van der Waals surface area contributed by atoms with Crippen LogP contribution in [-0.4, -0.2) is 34.9 Å². The molecule has 1 saturated heterocycles. The summed E-state index contributed by atoms with van der Waals surface area (Å²) in [7, 11) is 0. The number of rotatable bonds is 5. The standard InChI is InChI=1S/C18H19ClN2O4/c19-13-6-7-15(20-12-13)16(25-14-4-2-1-3-5-14)18(21-17(22)23)8-10-24-11-9-18/h1-7,12,16,21H,8-11H2,(H,22,23). The van der Waals surface area contributed by atoms with Crippen molar-refractivity contribution in [2.45, 2.75) is 24.5 Å². The van der Waals surface area contributed by atoms with Crippen molar-refractivity contribution in [3.63, 3.8) is 0 Å². The van der Waals surface area contributed by atoms with Crippen molar-refractivity contribution in [1.29, 1.82) is 0 Å². The molecule has 0 spiro atoms. The summed E-state index contributed by atoms with van der Waals surface area (Å²) < 4.78 is 11.6. The first kappa shape index (κ1) is 17.5. The van der Waals surface area contributed by atoms with E-state index < -0.39 is 17.7 Å². The second kappa shape index (κ2) is 7.72. The van der Waals surface area contributed by atoms with Crippen LogP contribution in [0.5, 0.6) is 5.75 Å². The number of aromatic nitrogens is 1. The third-order valence-electron chi connectivity index (χ3n) is 4.26. The molecule has 1 amide bonds. The Balaban J connectivity index is 2.00. The second-order valence-corrected chi connectivity index (χ2v) is 6.35. The molecule has 1 aliphatic rings. The summed E-state index contributed by atoms with van der Waals surface area (Å²) in [5.74, 6) is 0.641. The van der Waals surface area contributed by atoms with Crippen molar-refractivity contribution < 1.29 is 19.4 Å². The summed E-state index contributed by atoms with van der Waals surface area (Å²) in [6.07, 6.45) is 0.804. The molecular formula is C18H19ClN2O4. The number of hydrogen-bond acceptors (Lipinski definition) is 4. The van der Waals surface area contributed by atoms with Crippen LogP contribution in [0, 0.1) is 0 Å². The number of amides is 1. The third kappa shape index (κ3) is 4.21. The van der Waals surface area contributed by atoms with Crippen molar-refractivity contribution in [1.82, 2.24) is 10.3 Å². The van der Waals surface area contributed by atoms with Crippen molar-refractivity contribution in [3.8, 4) is 5.75 Å². The van der Waals surface area contributed by atoms with Gasteiger partial charge in [0.15, 0.2) is 6.10 Å². The van der Waals surface area contributed by atoms with Gasteiger partial charge in [-0.3, -0.25) is 4.98 Å². The van der Waals surface area contributed by atoms with Crippen LogP contribution in [0.4, 0.5) is 4.79 Å². The van der Waals surface area contributed by atoms with Gasteiger partial charge in [-0.25, -0.2) is 4.79 Å². The fourth-order valence-corrected chi connectivity index (χ4v) is 3.15. The van der Waals surface area contributed by atoms with Crippen LogP contribution in [0.3, 0.4) is 0 Å². The minimum absolute atomic E-state index is 0.447. The smallest absolute Gasteiger partial charge is 0.405 e. The zero-order chi connectivity index (χ0) is 17.7. The molecule has 1 aromatic heterocycles. The average Bonchev–Trinajstić information content (AvgIpc) is 2.62. The summed E-state index contributed by atoms with van der Waals surface area (Å²) in [4.78, 5) is 15.8. The average molecular weight is 363 g/mol. The molecule has 2 aromatic rings. The first-order valence-electron chi connectivity index (χ1n) is 8.01. The molecule has 0 saturated carbocycles. The lowest BCUT2D eigenvalue weighted by atomic mass is 9.82. The molecule has 6 nitrogen and oxygen atoms in total. The van der Waals surface area contributed by atoms with E-state index in [0.717, 1.165) is 0 Å². The number of para-hydroxylation sites is 1. The SMILES string of the molecule is O=C(O)NC1(C(Oc2ccccc2)c2ccc(Cl)cn2)CCOCC1. The topological polar surface area (TPSA) is 80.7 Å². The Bertz CT molecular complexity index is 703. The third-order valence-corrected chi connectivity index (χ3v) is 4.48. The molecular weight excluding hydrogens is 344 g/mol. The van der Waals surface area contributed by atoms with E-state index >= 15 is 0 Å². The number of halogens is 1. The van der Waals surface area contributed by atoms with Crippen molar-refractivity contribution >= 4 is 17.7 Å². The first-order chi connectivity index (χ1) is 12.1. The number of ether oxygens (including phenoxy) is 2. The van der Waals surface area contributed by atoms with Gasteiger partial charge in [0.2, 0.25) is 0 Å². The van der Waals surface area contributed by atoms with Crippen molar-refractivity contribution in [3.05, 3.63) is 59.4 Å². The Morgan fingerprint density at radius 3 is 2.56 bits per heavy atom. The summed E-state index contributed by atoms with van der Waals surface area (Å²) in [6, 6.07) is 12.8. The number of nitrogens with one attached hydrogen (secondary N) is 1. The Hall–Kier alpha value is -2.31. The quantitative estimate of drug-likeness (QED) is 0.848. The van der Waals surface area contributed by atoms with E-state index in [9.17, 15) is 9.90 Å². The maximum absolute atomic E-state index is 11.5. The van der Waals surface area contributed by atoms with Crippen molar-refractivity contribution in [2.24, 2.45) is 0 Å². The highest BCUT2D eigenvalue weighted by molar-refractivity contribution is 6.30. The molecule has 0 bridgehead atoms. The van der Waals surface area contributed by atoms with E-state index in [1.807, 2.05) is 30.3 Å².